The van der Waals surface area contributed by atoms with Crippen molar-refractivity contribution in [3.05, 3.63) is 34.4 Å². The number of nitriles is 1. The van der Waals surface area contributed by atoms with E-state index in [1.165, 1.54) is 0 Å². The topological polar surface area (TPSA) is 49.0 Å². The van der Waals surface area contributed by atoms with E-state index in [1.54, 1.807) is 0 Å². The van der Waals surface area contributed by atoms with Crippen LogP contribution in [0, 0.1) is 17.2 Å². The molecule has 1 N–H and O–H groups in total. The molecule has 0 spiro atoms. The second-order valence-electron chi connectivity index (χ2n) is 6.27. The van der Waals surface area contributed by atoms with E-state index in [9.17, 15) is 19.1 Å². The van der Waals surface area contributed by atoms with Gasteiger partial charge in [-0.1, -0.05) is 22.0 Å². The molecule has 0 saturated heterocycles. The van der Waals surface area contributed by atoms with Gasteiger partial charge in [0.25, 0.3) is 0 Å². The summed E-state index contributed by atoms with van der Waals surface area (Å²) in [6, 6.07) is 8.01. The van der Waals surface area contributed by atoms with Gasteiger partial charge in [0.05, 0.1) is 11.5 Å². The van der Waals surface area contributed by atoms with Crippen LogP contribution < -0.4 is 0 Å². The van der Waals surface area contributed by atoms with Gasteiger partial charge in [0, 0.05) is 47.1 Å². The number of alkyl halides is 2. The molecule has 0 radical (unpaired) electrons. The molecule has 0 aliphatic rings. The van der Waals surface area contributed by atoms with Crippen molar-refractivity contribution in [1.82, 2.24) is 4.57 Å². The van der Waals surface area contributed by atoms with Gasteiger partial charge in [-0.15, -0.1) is 0 Å². The molecule has 2 rings (SSSR count). The Bertz CT molecular complexity index is 734. The summed E-state index contributed by atoms with van der Waals surface area (Å²) in [5, 5.41) is 19.7. The fraction of sp³-hybridized carbons (Fsp3) is 0.471. The number of rotatable bonds is 6. The highest BCUT2D eigenvalue weighted by atomic mass is 79.9. The summed E-state index contributed by atoms with van der Waals surface area (Å²) in [6.07, 6.45) is -0.953. The Morgan fingerprint density at radius 1 is 1.39 bits per heavy atom. The normalized spacial score (nSPS) is 13.5. The van der Waals surface area contributed by atoms with Crippen LogP contribution in [0.15, 0.2) is 28.9 Å². The van der Waals surface area contributed by atoms with Gasteiger partial charge in [-0.3, -0.25) is 0 Å². The number of hydrogen-bond acceptors (Lipinski definition) is 2. The second-order valence-corrected chi connectivity index (χ2v) is 7.18. The molecule has 124 valence electrons. The summed E-state index contributed by atoms with van der Waals surface area (Å²) in [5.74, 6) is -0.525. The molecule has 0 saturated carbocycles. The highest BCUT2D eigenvalue weighted by Crippen LogP contribution is 2.34. The Morgan fingerprint density at radius 2 is 2.09 bits per heavy atom. The summed E-state index contributed by atoms with van der Waals surface area (Å²) >= 11 is 3.42. The number of hydrogen-bond donors (Lipinski definition) is 1. The number of aliphatic hydroxyl groups is 1. The van der Waals surface area contributed by atoms with Gasteiger partial charge in [-0.25, -0.2) is 8.78 Å². The average molecular weight is 385 g/mol. The highest BCUT2D eigenvalue weighted by molar-refractivity contribution is 9.10. The number of fused-ring (bicyclic) bond motifs is 1. The average Bonchev–Trinajstić information content (AvgIpc) is 2.84. The Morgan fingerprint density at radius 3 is 2.65 bits per heavy atom. The summed E-state index contributed by atoms with van der Waals surface area (Å²) in [4.78, 5) is 0. The molecule has 1 unspecified atom stereocenters. The number of halogens is 3. The van der Waals surface area contributed by atoms with E-state index < -0.39 is 17.8 Å². The molecule has 23 heavy (non-hydrogen) atoms. The minimum atomic E-state index is -2.45. The summed E-state index contributed by atoms with van der Waals surface area (Å²) in [7, 11) is 0. The van der Waals surface area contributed by atoms with Gasteiger partial charge in [-0.05, 0) is 31.5 Å². The molecule has 2 aromatic rings. The molecule has 0 amide bonds. The van der Waals surface area contributed by atoms with Gasteiger partial charge in [0.2, 0.25) is 6.43 Å². The largest absolute Gasteiger partial charge is 0.396 e. The molecule has 1 heterocycles. The fourth-order valence-electron chi connectivity index (χ4n) is 2.71. The maximum atomic E-state index is 12.6. The van der Waals surface area contributed by atoms with Crippen LogP contribution in [0.4, 0.5) is 8.78 Å². The number of aromatic nitrogens is 1. The Kier molecular flexibility index (Phi) is 5.43. The molecule has 1 atom stereocenters. The standard InChI is InChI=1S/C17H19BrF2N2O/c1-17(2,10-21)14-8-22(7-11(9-23)5-16(19)20)15-6-12(18)3-4-13(14)15/h3-4,6,8,11,16,23H,5,7,9H2,1-2H3. The molecule has 1 aromatic heterocycles. The van der Waals surface area contributed by atoms with Crippen LogP contribution >= 0.6 is 15.9 Å². The lowest BCUT2D eigenvalue weighted by Gasteiger charge is -2.16. The lowest BCUT2D eigenvalue weighted by atomic mass is 9.86. The molecule has 3 nitrogen and oxygen atoms in total. The van der Waals surface area contributed by atoms with E-state index in [2.05, 4.69) is 22.0 Å². The third kappa shape index (κ3) is 3.91. The second kappa shape index (κ2) is 6.98. The zero-order valence-electron chi connectivity index (χ0n) is 13.1. The van der Waals surface area contributed by atoms with Crippen LogP contribution in [-0.2, 0) is 12.0 Å². The molecule has 0 bridgehead atoms. The van der Waals surface area contributed by atoms with E-state index in [-0.39, 0.29) is 19.6 Å². The molecule has 0 aliphatic carbocycles. The van der Waals surface area contributed by atoms with Crippen molar-refractivity contribution in [2.45, 2.75) is 38.7 Å². The minimum absolute atomic E-state index is 0.287. The van der Waals surface area contributed by atoms with Crippen molar-refractivity contribution in [3.8, 4) is 6.07 Å². The van der Waals surface area contributed by atoms with Crippen molar-refractivity contribution in [3.63, 3.8) is 0 Å². The molecule has 1 aromatic carbocycles. The van der Waals surface area contributed by atoms with Gasteiger partial charge in [-0.2, -0.15) is 5.26 Å². The Hall–Kier alpha value is -1.45. The molecule has 6 heteroatoms. The zero-order chi connectivity index (χ0) is 17.2. The van der Waals surface area contributed by atoms with Crippen molar-refractivity contribution >= 4 is 26.8 Å². The van der Waals surface area contributed by atoms with Crippen LogP contribution in [-0.4, -0.2) is 22.7 Å². The van der Waals surface area contributed by atoms with Gasteiger partial charge >= 0.3 is 0 Å². The van der Waals surface area contributed by atoms with Gasteiger partial charge in [0.15, 0.2) is 0 Å². The summed E-state index contributed by atoms with van der Waals surface area (Å²) < 4.78 is 28.0. The number of nitrogens with zero attached hydrogens (tertiary/aromatic N) is 2. The molecular formula is C17H19BrF2N2O. The lowest BCUT2D eigenvalue weighted by Crippen LogP contribution is -2.17. The predicted octanol–water partition coefficient (Wildman–Crippen LogP) is 4.47. The molecule has 0 fully saturated rings. The zero-order valence-corrected chi connectivity index (χ0v) is 14.6. The Balaban J connectivity index is 2.51. The van der Waals surface area contributed by atoms with Crippen molar-refractivity contribution in [2.24, 2.45) is 5.92 Å². The van der Waals surface area contributed by atoms with Crippen LogP contribution in [0.5, 0.6) is 0 Å². The fourth-order valence-corrected chi connectivity index (χ4v) is 3.06. The van der Waals surface area contributed by atoms with Gasteiger partial charge in [0.1, 0.15) is 0 Å². The van der Waals surface area contributed by atoms with E-state index in [1.807, 2.05) is 42.8 Å². The first kappa shape index (κ1) is 17.9. The Labute approximate surface area is 142 Å². The van der Waals surface area contributed by atoms with E-state index in [4.69, 9.17) is 0 Å². The first-order valence-corrected chi connectivity index (χ1v) is 8.17. The molecule has 0 aliphatic heterocycles. The smallest absolute Gasteiger partial charge is 0.239 e. The first-order chi connectivity index (χ1) is 10.8. The van der Waals surface area contributed by atoms with Gasteiger partial charge < -0.3 is 9.67 Å². The minimum Gasteiger partial charge on any atom is -0.396 e. The van der Waals surface area contributed by atoms with Crippen molar-refractivity contribution in [2.75, 3.05) is 6.61 Å². The summed E-state index contributed by atoms with van der Waals surface area (Å²) in [5.41, 5.74) is 1.04. The van der Waals surface area contributed by atoms with Crippen molar-refractivity contribution < 1.29 is 13.9 Å². The number of benzene rings is 1. The predicted molar refractivity (Wildman–Crippen MR) is 89.5 cm³/mol. The lowest BCUT2D eigenvalue weighted by molar-refractivity contribution is 0.0868. The third-order valence-corrected chi connectivity index (χ3v) is 4.52. The van der Waals surface area contributed by atoms with Crippen LogP contribution in [0.1, 0.15) is 25.8 Å². The maximum absolute atomic E-state index is 12.6. The monoisotopic (exact) mass is 384 g/mol. The SMILES string of the molecule is CC(C)(C#N)c1cn(CC(CO)CC(F)F)c2cc(Br)ccc12. The van der Waals surface area contributed by atoms with E-state index >= 15 is 0 Å². The van der Waals surface area contributed by atoms with Crippen LogP contribution in [0.3, 0.4) is 0 Å². The number of aliphatic hydroxyl groups excluding tert-OH is 1. The first-order valence-electron chi connectivity index (χ1n) is 7.37. The van der Waals surface area contributed by atoms with E-state index in [0.717, 1.165) is 20.9 Å². The quantitative estimate of drug-likeness (QED) is 0.798. The summed E-state index contributed by atoms with van der Waals surface area (Å²) in [6.45, 7) is 3.65. The maximum Gasteiger partial charge on any atom is 0.239 e. The van der Waals surface area contributed by atoms with E-state index in [0.29, 0.717) is 0 Å². The van der Waals surface area contributed by atoms with Crippen LogP contribution in [0.25, 0.3) is 10.9 Å². The third-order valence-electron chi connectivity index (χ3n) is 4.02. The van der Waals surface area contributed by atoms with Crippen LogP contribution in [0.2, 0.25) is 0 Å². The highest BCUT2D eigenvalue weighted by Gasteiger charge is 2.26. The molecular weight excluding hydrogens is 366 g/mol. The van der Waals surface area contributed by atoms with Crippen molar-refractivity contribution in [1.29, 1.82) is 5.26 Å².